The van der Waals surface area contributed by atoms with E-state index < -0.39 is 0 Å². The fraction of sp³-hybridized carbons (Fsp3) is 0.929. The molecular formula is C28H49NO2. The SMILES string of the molecule is CO[C@@]1(C)CCC2(C)C(=CCC3C2CCC2(C)C(CCCCC(C)(C)ON)CCC32)C1. The molecular weight excluding hydrogens is 382 g/mol. The Balaban J connectivity index is 1.42. The molecule has 3 fully saturated rings. The van der Waals surface area contributed by atoms with Crippen LogP contribution >= 0.6 is 0 Å². The van der Waals surface area contributed by atoms with E-state index in [4.69, 9.17) is 15.5 Å². The Labute approximate surface area is 191 Å². The first kappa shape index (κ1) is 23.8. The van der Waals surface area contributed by atoms with E-state index in [9.17, 15) is 0 Å². The minimum absolute atomic E-state index is 0.0589. The summed E-state index contributed by atoms with van der Waals surface area (Å²) in [6, 6.07) is 0. The predicted octanol–water partition coefficient (Wildman–Crippen LogP) is 7.20. The number of ether oxygens (including phenoxy) is 1. The zero-order valence-corrected chi connectivity index (χ0v) is 21.3. The second-order valence-corrected chi connectivity index (χ2v) is 13.0. The number of nitrogens with two attached hydrogens (primary N) is 1. The number of fused-ring (bicyclic) bond motifs is 5. The van der Waals surface area contributed by atoms with Crippen molar-refractivity contribution >= 4 is 0 Å². The van der Waals surface area contributed by atoms with Gasteiger partial charge >= 0.3 is 0 Å². The highest BCUT2D eigenvalue weighted by Gasteiger charge is 2.59. The Hall–Kier alpha value is -0.380. The minimum atomic E-state index is -0.180. The van der Waals surface area contributed by atoms with Crippen LogP contribution in [0, 0.1) is 34.5 Å². The minimum Gasteiger partial charge on any atom is -0.378 e. The van der Waals surface area contributed by atoms with Crippen molar-refractivity contribution in [3.8, 4) is 0 Å². The lowest BCUT2D eigenvalue weighted by Crippen LogP contribution is -2.51. The molecule has 0 amide bonds. The van der Waals surface area contributed by atoms with Gasteiger partial charge in [-0.3, -0.25) is 4.84 Å². The maximum absolute atomic E-state index is 5.93. The van der Waals surface area contributed by atoms with Gasteiger partial charge in [0.2, 0.25) is 0 Å². The average Bonchev–Trinajstić information content (AvgIpc) is 3.08. The zero-order valence-electron chi connectivity index (χ0n) is 21.3. The van der Waals surface area contributed by atoms with Crippen LogP contribution in [0.25, 0.3) is 0 Å². The van der Waals surface area contributed by atoms with Gasteiger partial charge in [0.25, 0.3) is 0 Å². The van der Waals surface area contributed by atoms with Crippen molar-refractivity contribution in [1.82, 2.24) is 0 Å². The normalized spacial score (nSPS) is 44.9. The molecule has 6 unspecified atom stereocenters. The first-order chi connectivity index (χ1) is 14.6. The van der Waals surface area contributed by atoms with E-state index in [1.165, 1.54) is 64.2 Å². The molecule has 0 aromatic carbocycles. The van der Waals surface area contributed by atoms with E-state index in [0.29, 0.717) is 10.8 Å². The highest BCUT2D eigenvalue weighted by molar-refractivity contribution is 5.27. The Bertz CT molecular complexity index is 686. The Morgan fingerprint density at radius 3 is 2.52 bits per heavy atom. The van der Waals surface area contributed by atoms with Gasteiger partial charge in [0.1, 0.15) is 0 Å². The van der Waals surface area contributed by atoms with Crippen molar-refractivity contribution in [3.63, 3.8) is 0 Å². The summed E-state index contributed by atoms with van der Waals surface area (Å²) >= 11 is 0. The lowest BCUT2D eigenvalue weighted by Gasteiger charge is -2.59. The fourth-order valence-corrected chi connectivity index (χ4v) is 8.55. The van der Waals surface area contributed by atoms with Crippen molar-refractivity contribution in [1.29, 1.82) is 0 Å². The Kier molecular flexibility index (Phi) is 6.47. The molecule has 0 aliphatic heterocycles. The molecule has 3 nitrogen and oxygen atoms in total. The van der Waals surface area contributed by atoms with Crippen molar-refractivity contribution in [2.75, 3.05) is 7.11 Å². The maximum Gasteiger partial charge on any atom is 0.0838 e. The topological polar surface area (TPSA) is 44.5 Å². The average molecular weight is 432 g/mol. The second kappa shape index (κ2) is 8.44. The maximum atomic E-state index is 5.93. The monoisotopic (exact) mass is 431 g/mol. The summed E-state index contributed by atoms with van der Waals surface area (Å²) in [6.45, 7) is 11.8. The molecule has 7 atom stereocenters. The zero-order chi connectivity index (χ0) is 22.5. The van der Waals surface area contributed by atoms with Crippen LogP contribution in [0.4, 0.5) is 0 Å². The third kappa shape index (κ3) is 4.17. The van der Waals surface area contributed by atoms with Gasteiger partial charge in [-0.15, -0.1) is 0 Å². The third-order valence-electron chi connectivity index (χ3n) is 11.0. The van der Waals surface area contributed by atoms with Crippen LogP contribution in [0.15, 0.2) is 11.6 Å². The summed E-state index contributed by atoms with van der Waals surface area (Å²) in [7, 11) is 1.91. The van der Waals surface area contributed by atoms with Gasteiger partial charge in [-0.2, -0.15) is 0 Å². The van der Waals surface area contributed by atoms with E-state index in [0.717, 1.165) is 36.5 Å². The fourth-order valence-electron chi connectivity index (χ4n) is 8.55. The molecule has 0 heterocycles. The molecule has 0 aromatic heterocycles. The molecule has 0 radical (unpaired) electrons. The summed E-state index contributed by atoms with van der Waals surface area (Å²) in [5.74, 6) is 9.11. The number of hydrogen-bond donors (Lipinski definition) is 1. The van der Waals surface area contributed by atoms with Crippen LogP contribution in [0.5, 0.6) is 0 Å². The number of allylic oxidation sites excluding steroid dienone is 1. The van der Waals surface area contributed by atoms with E-state index in [2.05, 4.69) is 40.7 Å². The molecule has 3 heteroatoms. The summed E-state index contributed by atoms with van der Waals surface area (Å²) in [4.78, 5) is 5.13. The van der Waals surface area contributed by atoms with Crippen LogP contribution in [0.3, 0.4) is 0 Å². The molecule has 0 aromatic rings. The van der Waals surface area contributed by atoms with E-state index >= 15 is 0 Å². The molecule has 4 aliphatic carbocycles. The van der Waals surface area contributed by atoms with Crippen molar-refractivity contribution in [3.05, 3.63) is 11.6 Å². The van der Waals surface area contributed by atoms with Crippen LogP contribution in [0.2, 0.25) is 0 Å². The van der Waals surface area contributed by atoms with Crippen molar-refractivity contribution in [2.45, 2.75) is 123 Å². The number of rotatable bonds is 7. The molecule has 0 spiro atoms. The summed E-state index contributed by atoms with van der Waals surface area (Å²) in [5.41, 5.74) is 2.60. The quantitative estimate of drug-likeness (QED) is 0.263. The molecule has 3 saturated carbocycles. The number of hydrogen-bond acceptors (Lipinski definition) is 3. The van der Waals surface area contributed by atoms with Crippen LogP contribution in [-0.2, 0) is 9.57 Å². The molecule has 2 N–H and O–H groups in total. The first-order valence-electron chi connectivity index (χ1n) is 13.2. The second-order valence-electron chi connectivity index (χ2n) is 13.0. The number of unbranched alkanes of at least 4 members (excludes halogenated alkanes) is 1. The van der Waals surface area contributed by atoms with Crippen molar-refractivity contribution < 1.29 is 9.57 Å². The van der Waals surface area contributed by atoms with E-state index in [1.54, 1.807) is 5.57 Å². The molecule has 0 saturated heterocycles. The van der Waals surface area contributed by atoms with E-state index in [1.807, 2.05) is 7.11 Å². The van der Waals surface area contributed by atoms with E-state index in [-0.39, 0.29) is 11.2 Å². The predicted molar refractivity (Wildman–Crippen MR) is 128 cm³/mol. The summed E-state index contributed by atoms with van der Waals surface area (Å²) in [6.07, 6.45) is 18.5. The van der Waals surface area contributed by atoms with Gasteiger partial charge in [0, 0.05) is 7.11 Å². The van der Waals surface area contributed by atoms with Gasteiger partial charge in [-0.1, -0.05) is 38.3 Å². The van der Waals surface area contributed by atoms with Crippen LogP contribution in [0.1, 0.15) is 112 Å². The molecule has 0 bridgehead atoms. The van der Waals surface area contributed by atoms with Gasteiger partial charge in [-0.25, -0.2) is 5.90 Å². The first-order valence-corrected chi connectivity index (χ1v) is 13.2. The number of methoxy groups -OCH3 is 1. The molecule has 4 aliphatic rings. The van der Waals surface area contributed by atoms with Crippen LogP contribution in [-0.4, -0.2) is 18.3 Å². The summed E-state index contributed by atoms with van der Waals surface area (Å²) < 4.78 is 5.93. The molecule has 31 heavy (non-hydrogen) atoms. The van der Waals surface area contributed by atoms with Crippen molar-refractivity contribution in [2.24, 2.45) is 40.4 Å². The Morgan fingerprint density at radius 1 is 1.03 bits per heavy atom. The lowest BCUT2D eigenvalue weighted by molar-refractivity contribution is -0.0776. The standard InChI is InChI=1S/C28H49NO2/c1-25(2,31-29)15-8-7-9-20-11-13-23-22-12-10-21-19-26(3,30-6)17-18-28(21,5)24(22)14-16-27(20,23)4/h10,20,22-24H,7-9,11-19,29H2,1-6H3/t20?,22?,23?,24?,26-,27?,28?/m0/s1. The van der Waals surface area contributed by atoms with Gasteiger partial charge in [-0.05, 0) is 119 Å². The van der Waals surface area contributed by atoms with Crippen LogP contribution < -0.4 is 5.90 Å². The highest BCUT2D eigenvalue weighted by atomic mass is 16.6. The smallest absolute Gasteiger partial charge is 0.0838 e. The lowest BCUT2D eigenvalue weighted by atomic mass is 9.46. The Morgan fingerprint density at radius 2 is 1.81 bits per heavy atom. The van der Waals surface area contributed by atoms with Gasteiger partial charge < -0.3 is 4.74 Å². The van der Waals surface area contributed by atoms with Gasteiger partial charge in [0.05, 0.1) is 11.2 Å². The largest absolute Gasteiger partial charge is 0.378 e. The molecule has 4 rings (SSSR count). The van der Waals surface area contributed by atoms with Gasteiger partial charge in [0.15, 0.2) is 0 Å². The highest BCUT2D eigenvalue weighted by Crippen LogP contribution is 2.67. The molecule has 178 valence electrons. The summed E-state index contributed by atoms with van der Waals surface area (Å²) in [5, 5.41) is 0. The third-order valence-corrected chi connectivity index (χ3v) is 11.0.